The van der Waals surface area contributed by atoms with Crippen molar-refractivity contribution >= 4 is 46.4 Å². The number of hydrogen-bond acceptors (Lipinski definition) is 6. The lowest BCUT2D eigenvalue weighted by Gasteiger charge is -2.35. The third kappa shape index (κ3) is 3.79. The summed E-state index contributed by atoms with van der Waals surface area (Å²) in [6.07, 6.45) is 3.23. The summed E-state index contributed by atoms with van der Waals surface area (Å²) in [5.74, 6) is 0. The normalized spacial score (nSPS) is 24.3. The van der Waals surface area contributed by atoms with E-state index in [0.717, 1.165) is 39.3 Å². The van der Waals surface area contributed by atoms with Crippen LogP contribution >= 0.6 is 0 Å². The Balaban J connectivity index is 1.59. The van der Waals surface area contributed by atoms with Crippen molar-refractivity contribution in [1.29, 1.82) is 0 Å². The SMILES string of the molecule is O[C@@H]1[C@H](O)COC(c2cc3cc4nc(cc5ccc(cc6nc(cc2[nH]3)C=C6)[nH]5)C=C4)[C@H]1O. The van der Waals surface area contributed by atoms with Crippen LogP contribution in [0.5, 0.6) is 0 Å². The molecule has 0 aliphatic carbocycles. The van der Waals surface area contributed by atoms with Crippen molar-refractivity contribution in [3.05, 3.63) is 70.8 Å². The number of aliphatic hydroxyl groups is 3. The molecular formula is C25H22N4O4. The van der Waals surface area contributed by atoms with Gasteiger partial charge in [-0.1, -0.05) is 0 Å². The number of aromatic amines is 2. The topological polar surface area (TPSA) is 127 Å². The van der Waals surface area contributed by atoms with Gasteiger partial charge in [0.05, 0.1) is 29.4 Å². The van der Waals surface area contributed by atoms with E-state index in [9.17, 15) is 15.3 Å². The zero-order chi connectivity index (χ0) is 22.5. The highest BCUT2D eigenvalue weighted by Crippen LogP contribution is 2.33. The fourth-order valence-corrected chi connectivity index (χ4v) is 4.36. The molecule has 5 N–H and O–H groups in total. The van der Waals surface area contributed by atoms with Crippen molar-refractivity contribution in [2.45, 2.75) is 24.4 Å². The molecule has 3 aromatic heterocycles. The molecule has 1 fully saturated rings. The van der Waals surface area contributed by atoms with Crippen LogP contribution < -0.4 is 0 Å². The van der Waals surface area contributed by atoms with Crippen LogP contribution in [0.4, 0.5) is 0 Å². The van der Waals surface area contributed by atoms with Crippen LogP contribution in [-0.2, 0) is 4.74 Å². The summed E-state index contributed by atoms with van der Waals surface area (Å²) < 4.78 is 5.72. The van der Waals surface area contributed by atoms with Gasteiger partial charge in [-0.15, -0.1) is 0 Å². The molecule has 4 atom stereocenters. The molecule has 8 heteroatoms. The number of rotatable bonds is 1. The zero-order valence-electron chi connectivity index (χ0n) is 17.5. The maximum Gasteiger partial charge on any atom is 0.113 e. The first-order valence-corrected chi connectivity index (χ1v) is 10.8. The summed E-state index contributed by atoms with van der Waals surface area (Å²) in [7, 11) is 0. The van der Waals surface area contributed by atoms with Gasteiger partial charge in [0.2, 0.25) is 0 Å². The Bertz CT molecular complexity index is 1450. The van der Waals surface area contributed by atoms with Crippen LogP contribution in [0.15, 0.2) is 42.5 Å². The average molecular weight is 442 g/mol. The number of aliphatic hydroxyl groups excluding tert-OH is 3. The molecule has 8 bridgehead atoms. The van der Waals surface area contributed by atoms with Gasteiger partial charge in [0.25, 0.3) is 0 Å². The van der Waals surface area contributed by atoms with Crippen molar-refractivity contribution in [1.82, 2.24) is 19.9 Å². The third-order valence-electron chi connectivity index (χ3n) is 6.01. The van der Waals surface area contributed by atoms with E-state index in [1.807, 2.05) is 66.8 Å². The molecule has 0 amide bonds. The molecule has 1 unspecified atom stereocenters. The number of aromatic nitrogens is 4. The first kappa shape index (κ1) is 20.1. The number of fused-ring (bicyclic) bond motifs is 8. The molecule has 166 valence electrons. The molecule has 3 aliphatic rings. The Labute approximate surface area is 188 Å². The van der Waals surface area contributed by atoms with Crippen molar-refractivity contribution in [2.75, 3.05) is 6.61 Å². The number of nitrogens with zero attached hydrogens (tertiary/aromatic N) is 2. The van der Waals surface area contributed by atoms with Crippen LogP contribution in [0.25, 0.3) is 46.4 Å². The first-order valence-electron chi connectivity index (χ1n) is 10.8. The van der Waals surface area contributed by atoms with Crippen molar-refractivity contribution in [2.24, 2.45) is 0 Å². The van der Waals surface area contributed by atoms with Gasteiger partial charge in [-0.2, -0.15) is 0 Å². The molecule has 0 saturated carbocycles. The lowest BCUT2D eigenvalue weighted by molar-refractivity contribution is -0.188. The molecule has 0 radical (unpaired) electrons. The first-order chi connectivity index (χ1) is 16.0. The second-order valence-corrected chi connectivity index (χ2v) is 8.43. The van der Waals surface area contributed by atoms with Gasteiger partial charge in [0, 0.05) is 27.6 Å². The highest BCUT2D eigenvalue weighted by Gasteiger charge is 2.39. The third-order valence-corrected chi connectivity index (χ3v) is 6.01. The van der Waals surface area contributed by atoms with Crippen molar-refractivity contribution in [3.63, 3.8) is 0 Å². The summed E-state index contributed by atoms with van der Waals surface area (Å²) in [5.41, 5.74) is 7.18. The number of ether oxygens (including phenoxy) is 1. The molecule has 6 rings (SSSR count). The molecule has 6 heterocycles. The Morgan fingerprint density at radius 3 is 1.91 bits per heavy atom. The van der Waals surface area contributed by atoms with Gasteiger partial charge < -0.3 is 30.0 Å². The van der Waals surface area contributed by atoms with E-state index in [4.69, 9.17) is 4.74 Å². The zero-order valence-corrected chi connectivity index (χ0v) is 17.5. The van der Waals surface area contributed by atoms with E-state index < -0.39 is 24.4 Å². The molecule has 0 spiro atoms. The largest absolute Gasteiger partial charge is 0.388 e. The summed E-state index contributed by atoms with van der Waals surface area (Å²) in [6.45, 7) is -0.0676. The molecule has 1 saturated heterocycles. The maximum atomic E-state index is 10.6. The summed E-state index contributed by atoms with van der Waals surface area (Å²) in [5, 5.41) is 30.6. The smallest absolute Gasteiger partial charge is 0.113 e. The predicted molar refractivity (Wildman–Crippen MR) is 126 cm³/mol. The highest BCUT2D eigenvalue weighted by molar-refractivity contribution is 5.78. The van der Waals surface area contributed by atoms with Crippen molar-refractivity contribution < 1.29 is 20.1 Å². The van der Waals surface area contributed by atoms with Crippen LogP contribution in [0.3, 0.4) is 0 Å². The Morgan fingerprint density at radius 1 is 0.697 bits per heavy atom. The van der Waals surface area contributed by atoms with Gasteiger partial charge in [-0.05, 0) is 66.8 Å². The van der Waals surface area contributed by atoms with E-state index in [1.165, 1.54) is 0 Å². The number of nitrogens with one attached hydrogen (secondary N) is 2. The summed E-state index contributed by atoms with van der Waals surface area (Å²) in [4.78, 5) is 16.0. The second kappa shape index (κ2) is 7.79. The lowest BCUT2D eigenvalue weighted by atomic mass is 9.95. The number of H-pyrrole nitrogens is 2. The minimum atomic E-state index is -1.29. The van der Waals surface area contributed by atoms with E-state index in [1.54, 1.807) is 0 Å². The van der Waals surface area contributed by atoms with Crippen LogP contribution in [0.2, 0.25) is 0 Å². The minimum absolute atomic E-state index is 0.0676. The van der Waals surface area contributed by atoms with Gasteiger partial charge in [-0.3, -0.25) is 0 Å². The van der Waals surface area contributed by atoms with Gasteiger partial charge in [0.15, 0.2) is 0 Å². The van der Waals surface area contributed by atoms with Gasteiger partial charge in [0.1, 0.15) is 24.4 Å². The molecule has 3 aliphatic heterocycles. The second-order valence-electron chi connectivity index (χ2n) is 8.43. The minimum Gasteiger partial charge on any atom is -0.388 e. The predicted octanol–water partition coefficient (Wildman–Crippen LogP) is 2.81. The Kier molecular flexibility index (Phi) is 4.74. The molecule has 0 aromatic carbocycles. The van der Waals surface area contributed by atoms with Gasteiger partial charge >= 0.3 is 0 Å². The number of hydrogen-bond donors (Lipinski definition) is 5. The fourth-order valence-electron chi connectivity index (χ4n) is 4.36. The monoisotopic (exact) mass is 442 g/mol. The van der Waals surface area contributed by atoms with Crippen LogP contribution in [0.1, 0.15) is 34.4 Å². The van der Waals surface area contributed by atoms with E-state index in [0.29, 0.717) is 11.1 Å². The standard InChI is InChI=1S/C25H22N4O4/c30-22-12-33-25(24(32)23(22)31)20-10-19-9-17-4-3-15(27-17)7-13-1-2-14(26-13)8-16-5-6-18(28-16)11-21(20)29-19/h1-11,22-26,29-32H,12H2/t22-,23-,24+,25?/m1/s1. The quantitative estimate of drug-likeness (QED) is 0.272. The van der Waals surface area contributed by atoms with Crippen molar-refractivity contribution in [3.8, 4) is 0 Å². The average Bonchev–Trinajstić information content (AvgIpc) is 3.58. The van der Waals surface area contributed by atoms with Gasteiger partial charge in [-0.25, -0.2) is 9.97 Å². The molecule has 8 nitrogen and oxygen atoms in total. The lowest BCUT2D eigenvalue weighted by Crippen LogP contribution is -2.48. The highest BCUT2D eigenvalue weighted by atomic mass is 16.5. The van der Waals surface area contributed by atoms with E-state index >= 15 is 0 Å². The fraction of sp³-hybridized carbons (Fsp3) is 0.200. The Hall–Kier alpha value is -3.56. The molecule has 33 heavy (non-hydrogen) atoms. The van der Waals surface area contributed by atoms with Crippen LogP contribution in [0, 0.1) is 0 Å². The Morgan fingerprint density at radius 2 is 1.27 bits per heavy atom. The molecule has 3 aromatic rings. The van der Waals surface area contributed by atoms with E-state index in [-0.39, 0.29) is 6.61 Å². The maximum absolute atomic E-state index is 10.6. The summed E-state index contributed by atoms with van der Waals surface area (Å²) >= 11 is 0. The van der Waals surface area contributed by atoms with Crippen LogP contribution in [-0.4, -0.2) is 60.2 Å². The van der Waals surface area contributed by atoms with E-state index in [2.05, 4.69) is 19.9 Å². The molecular weight excluding hydrogens is 420 g/mol. The summed E-state index contributed by atoms with van der Waals surface area (Å²) in [6, 6.07) is 13.6.